The number of nitrogens with one attached hydrogen (secondary N) is 2. The highest BCUT2D eigenvalue weighted by Gasteiger charge is 2.22. The van der Waals surface area contributed by atoms with E-state index in [9.17, 15) is 4.79 Å². The predicted molar refractivity (Wildman–Crippen MR) is 154 cm³/mol. The Morgan fingerprint density at radius 2 is 1.92 bits per heavy atom. The van der Waals surface area contributed by atoms with Gasteiger partial charge in [-0.25, -0.2) is 0 Å². The van der Waals surface area contributed by atoms with Gasteiger partial charge in [-0.15, -0.1) is 0 Å². The first kappa shape index (κ1) is 28.4. The van der Waals surface area contributed by atoms with Crippen molar-refractivity contribution in [2.45, 2.75) is 18.8 Å². The molecule has 0 unspecified atom stereocenters. The quantitative estimate of drug-likeness (QED) is 0.135. The number of rotatable bonds is 14. The molecule has 0 atom stereocenters. The largest absolute Gasteiger partial charge is 0.493 e. The number of methoxy groups -OCH3 is 2. The molecule has 1 saturated heterocycles. The maximum absolute atomic E-state index is 12.3. The van der Waals surface area contributed by atoms with Crippen molar-refractivity contribution in [1.82, 2.24) is 15.2 Å². The van der Waals surface area contributed by atoms with Crippen LogP contribution in [0.2, 0.25) is 0 Å². The summed E-state index contributed by atoms with van der Waals surface area (Å²) < 4.78 is 21.6. The lowest BCUT2D eigenvalue weighted by Crippen LogP contribution is -2.38. The number of hydrogen-bond acceptors (Lipinski definition) is 6. The summed E-state index contributed by atoms with van der Waals surface area (Å²) >= 11 is 0. The zero-order valence-electron chi connectivity index (χ0n) is 22.9. The number of nitrogens with zero attached hydrogens (tertiary/aromatic N) is 1. The number of carbonyl (C=O) groups excluding carboxylic acids is 1. The molecule has 1 fully saturated rings. The van der Waals surface area contributed by atoms with Crippen LogP contribution in [0.15, 0.2) is 66.9 Å². The average Bonchev–Trinajstić information content (AvgIpc) is 3.40. The van der Waals surface area contributed by atoms with Gasteiger partial charge in [0.2, 0.25) is 5.91 Å². The molecule has 0 aliphatic carbocycles. The van der Waals surface area contributed by atoms with Gasteiger partial charge < -0.3 is 34.1 Å². The normalized spacial score (nSPS) is 14.9. The molecule has 1 aliphatic rings. The third-order valence-corrected chi connectivity index (χ3v) is 6.96. The summed E-state index contributed by atoms with van der Waals surface area (Å²) in [5.74, 6) is 1.67. The van der Waals surface area contributed by atoms with E-state index < -0.39 is 0 Å². The van der Waals surface area contributed by atoms with Crippen LogP contribution in [0.5, 0.6) is 11.5 Å². The van der Waals surface area contributed by atoms with E-state index in [2.05, 4.69) is 45.7 Å². The number of aromatic amines is 1. The molecule has 8 nitrogen and oxygen atoms in total. The lowest BCUT2D eigenvalue weighted by atomic mass is 9.89. The first-order chi connectivity index (χ1) is 19.2. The Labute approximate surface area is 230 Å². The van der Waals surface area contributed by atoms with Crippen molar-refractivity contribution in [2.24, 2.45) is 0 Å². The molecule has 0 saturated carbocycles. The van der Waals surface area contributed by atoms with Crippen LogP contribution < -0.4 is 14.8 Å². The van der Waals surface area contributed by atoms with E-state index in [-0.39, 0.29) is 12.7 Å². The molecule has 4 rings (SSSR count). The van der Waals surface area contributed by atoms with Gasteiger partial charge in [0.1, 0.15) is 0 Å². The average molecular weight is 534 g/mol. The lowest BCUT2D eigenvalue weighted by Gasteiger charge is -2.31. The topological polar surface area (TPSA) is 85.1 Å². The first-order valence-electron chi connectivity index (χ1n) is 13.5. The second kappa shape index (κ2) is 15.1. The van der Waals surface area contributed by atoms with Crippen molar-refractivity contribution in [3.63, 3.8) is 0 Å². The number of benzene rings is 2. The third kappa shape index (κ3) is 8.20. The Bertz CT molecular complexity index is 1240. The van der Waals surface area contributed by atoms with Crippen LogP contribution in [0.25, 0.3) is 17.0 Å². The van der Waals surface area contributed by atoms with Gasteiger partial charge in [0.15, 0.2) is 18.3 Å². The van der Waals surface area contributed by atoms with Crippen LogP contribution in [0.4, 0.5) is 0 Å². The molecule has 2 aromatic carbocycles. The van der Waals surface area contributed by atoms with E-state index in [0.29, 0.717) is 37.2 Å². The molecule has 8 heteroatoms. The van der Waals surface area contributed by atoms with Crippen LogP contribution in [-0.4, -0.2) is 76.2 Å². The van der Waals surface area contributed by atoms with E-state index in [1.807, 2.05) is 30.4 Å². The molecule has 208 valence electrons. The second-order valence-corrected chi connectivity index (χ2v) is 9.46. The SMILES string of the molecule is COCCOCOc1c(C=CC=CC(=O)NCCN2CCC(c3c[nH]c4ccccc34)CC2)cccc1OC. The number of ether oxygens (including phenoxy) is 4. The van der Waals surface area contributed by atoms with E-state index in [1.165, 1.54) is 22.5 Å². The van der Waals surface area contributed by atoms with Gasteiger partial charge in [-0.1, -0.05) is 48.6 Å². The zero-order chi connectivity index (χ0) is 27.3. The highest BCUT2D eigenvalue weighted by Crippen LogP contribution is 2.33. The van der Waals surface area contributed by atoms with Gasteiger partial charge in [0, 0.05) is 48.9 Å². The van der Waals surface area contributed by atoms with Crippen LogP contribution in [0.3, 0.4) is 0 Å². The van der Waals surface area contributed by atoms with Crippen LogP contribution in [-0.2, 0) is 14.3 Å². The predicted octanol–water partition coefficient (Wildman–Crippen LogP) is 4.74. The van der Waals surface area contributed by atoms with Crippen molar-refractivity contribution in [3.8, 4) is 11.5 Å². The minimum Gasteiger partial charge on any atom is -0.493 e. The van der Waals surface area contributed by atoms with E-state index in [0.717, 1.165) is 38.0 Å². The fourth-order valence-corrected chi connectivity index (χ4v) is 4.88. The maximum atomic E-state index is 12.3. The first-order valence-corrected chi connectivity index (χ1v) is 13.5. The van der Waals surface area contributed by atoms with Crippen molar-refractivity contribution in [2.75, 3.05) is 60.4 Å². The van der Waals surface area contributed by atoms with E-state index in [4.69, 9.17) is 18.9 Å². The Balaban J connectivity index is 1.18. The number of piperidine rings is 1. The third-order valence-electron chi connectivity index (χ3n) is 6.96. The van der Waals surface area contributed by atoms with Crippen LogP contribution in [0, 0.1) is 0 Å². The summed E-state index contributed by atoms with van der Waals surface area (Å²) in [6.45, 7) is 4.59. The molecular formula is C31H39N3O5. The smallest absolute Gasteiger partial charge is 0.244 e. The molecule has 0 bridgehead atoms. The number of amides is 1. The molecule has 2 N–H and O–H groups in total. The highest BCUT2D eigenvalue weighted by atomic mass is 16.7. The Morgan fingerprint density at radius 1 is 1.08 bits per heavy atom. The van der Waals surface area contributed by atoms with Gasteiger partial charge in [0.05, 0.1) is 20.3 Å². The molecule has 39 heavy (non-hydrogen) atoms. The summed E-state index contributed by atoms with van der Waals surface area (Å²) in [6.07, 6.45) is 11.4. The fraction of sp³-hybridized carbons (Fsp3) is 0.387. The molecule has 3 aromatic rings. The van der Waals surface area contributed by atoms with Crippen molar-refractivity contribution in [1.29, 1.82) is 0 Å². The number of fused-ring (bicyclic) bond motifs is 1. The number of para-hydroxylation sites is 2. The Morgan fingerprint density at radius 3 is 2.74 bits per heavy atom. The number of likely N-dealkylation sites (tertiary alicyclic amines) is 1. The summed E-state index contributed by atoms with van der Waals surface area (Å²) in [5.41, 5.74) is 3.46. The van der Waals surface area contributed by atoms with Crippen molar-refractivity contribution >= 4 is 22.9 Å². The number of aromatic nitrogens is 1. The molecule has 0 radical (unpaired) electrons. The maximum Gasteiger partial charge on any atom is 0.244 e. The Hall–Kier alpha value is -3.59. The molecule has 1 amide bonds. The molecule has 2 heterocycles. The fourth-order valence-electron chi connectivity index (χ4n) is 4.88. The Kier molecular flexibility index (Phi) is 11.0. The summed E-state index contributed by atoms with van der Waals surface area (Å²) in [5, 5.41) is 4.33. The molecule has 0 spiro atoms. The summed E-state index contributed by atoms with van der Waals surface area (Å²) in [6, 6.07) is 14.1. The van der Waals surface area contributed by atoms with Gasteiger partial charge in [-0.05, 0) is 49.5 Å². The zero-order valence-corrected chi connectivity index (χ0v) is 22.9. The second-order valence-electron chi connectivity index (χ2n) is 9.46. The van der Waals surface area contributed by atoms with E-state index >= 15 is 0 Å². The van der Waals surface area contributed by atoms with Gasteiger partial charge in [-0.3, -0.25) is 4.79 Å². The minimum absolute atomic E-state index is 0.0868. The highest BCUT2D eigenvalue weighted by molar-refractivity contribution is 5.88. The molecule has 1 aromatic heterocycles. The van der Waals surface area contributed by atoms with Gasteiger partial charge in [0.25, 0.3) is 0 Å². The summed E-state index contributed by atoms with van der Waals surface area (Å²) in [4.78, 5) is 18.1. The number of H-pyrrole nitrogens is 1. The number of allylic oxidation sites excluding steroid dienone is 2. The minimum atomic E-state index is -0.109. The molecule has 1 aliphatic heterocycles. The van der Waals surface area contributed by atoms with Gasteiger partial charge >= 0.3 is 0 Å². The van der Waals surface area contributed by atoms with Gasteiger partial charge in [-0.2, -0.15) is 0 Å². The standard InChI is InChI=1S/C31H39N3O5/c1-36-20-21-38-23-39-31-25(9-7-12-29(31)37-2)8-3-6-13-30(35)32-16-19-34-17-14-24(15-18-34)27-22-33-28-11-5-4-10-26(27)28/h3-13,22,24,33H,14-21,23H2,1-2H3,(H,32,35). The van der Waals surface area contributed by atoms with Crippen molar-refractivity contribution < 1.29 is 23.7 Å². The van der Waals surface area contributed by atoms with Crippen LogP contribution >= 0.6 is 0 Å². The van der Waals surface area contributed by atoms with Crippen LogP contribution in [0.1, 0.15) is 29.9 Å². The monoisotopic (exact) mass is 533 g/mol. The molecular weight excluding hydrogens is 494 g/mol. The number of carbonyl (C=O) groups is 1. The lowest BCUT2D eigenvalue weighted by molar-refractivity contribution is -0.116. The van der Waals surface area contributed by atoms with E-state index in [1.54, 1.807) is 20.3 Å². The summed E-state index contributed by atoms with van der Waals surface area (Å²) in [7, 11) is 3.22. The van der Waals surface area contributed by atoms with Crippen molar-refractivity contribution in [3.05, 3.63) is 78.0 Å². The number of hydrogen-bond donors (Lipinski definition) is 2.